The van der Waals surface area contributed by atoms with Crippen molar-refractivity contribution < 1.29 is 4.79 Å². The first-order chi connectivity index (χ1) is 12.6. The third-order valence-corrected chi connectivity index (χ3v) is 4.26. The molecule has 4 nitrogen and oxygen atoms in total. The molecule has 1 N–H and O–H groups in total. The summed E-state index contributed by atoms with van der Waals surface area (Å²) in [6.45, 7) is 4.82. The maximum atomic E-state index is 12.7. The van der Waals surface area contributed by atoms with Crippen LogP contribution in [0.15, 0.2) is 53.5 Å². The first kappa shape index (κ1) is 19.7. The Morgan fingerprint density at radius 1 is 1.04 bits per heavy atom. The molecule has 26 heavy (non-hydrogen) atoms. The number of hydrogen-bond acceptors (Lipinski definition) is 2. The zero-order valence-electron chi connectivity index (χ0n) is 15.7. The third-order valence-electron chi connectivity index (χ3n) is 4.26. The molecular weight excluding hydrogens is 324 g/mol. The van der Waals surface area contributed by atoms with E-state index in [1.54, 1.807) is 24.4 Å². The second-order valence-electron chi connectivity index (χ2n) is 6.52. The van der Waals surface area contributed by atoms with Crippen molar-refractivity contribution in [2.45, 2.75) is 46.0 Å². The fourth-order valence-corrected chi connectivity index (χ4v) is 2.71. The number of rotatable bonds is 9. The quantitative estimate of drug-likeness (QED) is 0.542. The van der Waals surface area contributed by atoms with Crippen LogP contribution in [0.4, 0.5) is 0 Å². The summed E-state index contributed by atoms with van der Waals surface area (Å²) < 4.78 is 1.40. The number of amides is 1. The second-order valence-corrected chi connectivity index (χ2v) is 6.52. The highest BCUT2D eigenvalue weighted by molar-refractivity contribution is 6.18. The topological polar surface area (TPSA) is 51.1 Å². The Morgan fingerprint density at radius 2 is 1.77 bits per heavy atom. The maximum Gasteiger partial charge on any atom is 0.268 e. The van der Waals surface area contributed by atoms with Gasteiger partial charge in [0.05, 0.1) is 0 Å². The van der Waals surface area contributed by atoms with E-state index >= 15 is 0 Å². The van der Waals surface area contributed by atoms with Crippen molar-refractivity contribution in [3.63, 3.8) is 0 Å². The molecule has 0 aliphatic carbocycles. The summed E-state index contributed by atoms with van der Waals surface area (Å²) in [4.78, 5) is 24.9. The van der Waals surface area contributed by atoms with Gasteiger partial charge in [-0.2, -0.15) is 0 Å². The van der Waals surface area contributed by atoms with Crippen molar-refractivity contribution in [3.8, 4) is 0 Å². The second kappa shape index (κ2) is 10.4. The summed E-state index contributed by atoms with van der Waals surface area (Å²) in [7, 11) is 0. The Hall–Kier alpha value is -2.62. The predicted molar refractivity (Wildman–Crippen MR) is 108 cm³/mol. The van der Waals surface area contributed by atoms with Gasteiger partial charge in [-0.3, -0.25) is 14.2 Å². The van der Waals surface area contributed by atoms with E-state index in [-0.39, 0.29) is 11.5 Å². The number of carbonyl (C=O) groups excluding carboxylic acids is 1. The molecular formula is C22H28N2O2. The van der Waals surface area contributed by atoms with Gasteiger partial charge in [0.1, 0.15) is 5.70 Å². The van der Waals surface area contributed by atoms with E-state index in [9.17, 15) is 9.59 Å². The van der Waals surface area contributed by atoms with E-state index in [0.29, 0.717) is 12.2 Å². The number of carbonyl (C=O) groups is 1. The highest BCUT2D eigenvalue weighted by Crippen LogP contribution is 2.12. The van der Waals surface area contributed by atoms with Crippen LogP contribution < -0.4 is 10.9 Å². The maximum absolute atomic E-state index is 12.7. The lowest BCUT2D eigenvalue weighted by Gasteiger charge is -2.12. The molecule has 0 aliphatic rings. The number of unbranched alkanes of at least 4 members (excludes halogenated alkanes) is 4. The molecule has 0 atom stereocenters. The van der Waals surface area contributed by atoms with Gasteiger partial charge < -0.3 is 5.32 Å². The van der Waals surface area contributed by atoms with E-state index in [2.05, 4.69) is 12.2 Å². The lowest BCUT2D eigenvalue weighted by molar-refractivity contribution is -0.115. The van der Waals surface area contributed by atoms with Crippen molar-refractivity contribution in [2.75, 3.05) is 6.54 Å². The average molecular weight is 352 g/mol. The fraction of sp³-hybridized carbons (Fsp3) is 0.364. The average Bonchev–Trinajstić information content (AvgIpc) is 2.64. The van der Waals surface area contributed by atoms with Gasteiger partial charge in [0, 0.05) is 18.8 Å². The van der Waals surface area contributed by atoms with Crippen LogP contribution in [-0.2, 0) is 4.79 Å². The van der Waals surface area contributed by atoms with Crippen LogP contribution in [0.3, 0.4) is 0 Å². The smallest absolute Gasteiger partial charge is 0.268 e. The van der Waals surface area contributed by atoms with Crippen LogP contribution in [0.25, 0.3) is 11.8 Å². The number of nitrogens with one attached hydrogen (secondary N) is 1. The molecule has 0 aliphatic heterocycles. The van der Waals surface area contributed by atoms with Crippen LogP contribution in [0, 0.1) is 6.92 Å². The van der Waals surface area contributed by atoms with Crippen LogP contribution in [0.2, 0.25) is 0 Å². The van der Waals surface area contributed by atoms with Gasteiger partial charge in [-0.15, -0.1) is 0 Å². The lowest BCUT2D eigenvalue weighted by atomic mass is 10.1. The molecule has 138 valence electrons. The van der Waals surface area contributed by atoms with Crippen LogP contribution in [0.1, 0.15) is 50.2 Å². The minimum atomic E-state index is -0.227. The van der Waals surface area contributed by atoms with Gasteiger partial charge >= 0.3 is 0 Å². The molecule has 1 heterocycles. The van der Waals surface area contributed by atoms with Gasteiger partial charge in [0.15, 0.2) is 0 Å². The number of aromatic nitrogens is 1. The van der Waals surface area contributed by atoms with Crippen molar-refractivity contribution in [3.05, 3.63) is 70.1 Å². The highest BCUT2D eigenvalue weighted by atomic mass is 16.2. The first-order valence-corrected chi connectivity index (χ1v) is 9.36. The van der Waals surface area contributed by atoms with Gasteiger partial charge in [-0.1, -0.05) is 68.5 Å². The van der Waals surface area contributed by atoms with E-state index in [1.807, 2.05) is 31.2 Å². The number of benzene rings is 1. The largest absolute Gasteiger partial charge is 0.351 e. The molecule has 1 amide bonds. The zero-order valence-corrected chi connectivity index (χ0v) is 15.7. The van der Waals surface area contributed by atoms with Crippen molar-refractivity contribution in [1.29, 1.82) is 0 Å². The molecule has 2 aromatic rings. The summed E-state index contributed by atoms with van der Waals surface area (Å²) >= 11 is 0. The standard InChI is InChI=1S/C22H28N2O2/c1-3-4-5-6-8-15-23-22(26)20(24-16-9-7-10-21(24)25)17-19-13-11-18(2)12-14-19/h7,9-14,16-17H,3-6,8,15H2,1-2H3,(H,23,26)/b20-17+. The molecule has 0 fully saturated rings. The van der Waals surface area contributed by atoms with Crippen LogP contribution >= 0.6 is 0 Å². The number of nitrogens with zero attached hydrogens (tertiary/aromatic N) is 1. The molecule has 1 aromatic carbocycles. The summed E-state index contributed by atoms with van der Waals surface area (Å²) in [5.74, 6) is -0.227. The van der Waals surface area contributed by atoms with Gasteiger partial charge in [-0.05, 0) is 31.1 Å². The Labute approximate surface area is 155 Å². The molecule has 0 saturated heterocycles. The highest BCUT2D eigenvalue weighted by Gasteiger charge is 2.12. The Morgan fingerprint density at radius 3 is 2.46 bits per heavy atom. The van der Waals surface area contributed by atoms with E-state index in [0.717, 1.165) is 24.0 Å². The van der Waals surface area contributed by atoms with Gasteiger partial charge in [0.2, 0.25) is 0 Å². The predicted octanol–water partition coefficient (Wildman–Crippen LogP) is 4.24. The molecule has 1 aromatic heterocycles. The fourth-order valence-electron chi connectivity index (χ4n) is 2.71. The summed E-state index contributed by atoms with van der Waals surface area (Å²) in [5, 5.41) is 2.95. The summed E-state index contributed by atoms with van der Waals surface area (Å²) in [6.07, 6.45) is 9.06. The third kappa shape index (κ3) is 6.03. The normalized spacial score (nSPS) is 11.4. The Kier molecular flexibility index (Phi) is 7.87. The monoisotopic (exact) mass is 352 g/mol. The molecule has 4 heteroatoms. The number of hydrogen-bond donors (Lipinski definition) is 1. The van der Waals surface area contributed by atoms with Gasteiger partial charge in [-0.25, -0.2) is 0 Å². The molecule has 0 saturated carbocycles. The van der Waals surface area contributed by atoms with Crippen LogP contribution in [-0.4, -0.2) is 17.0 Å². The number of pyridine rings is 1. The SMILES string of the molecule is CCCCCCCNC(=O)/C(=C\c1ccc(C)cc1)n1ccccc1=O. The summed E-state index contributed by atoms with van der Waals surface area (Å²) in [6, 6.07) is 12.8. The molecule has 0 spiro atoms. The van der Waals surface area contributed by atoms with Crippen molar-refractivity contribution in [2.24, 2.45) is 0 Å². The zero-order chi connectivity index (χ0) is 18.8. The number of aryl methyl sites for hydroxylation is 1. The Bertz CT molecular complexity index is 788. The van der Waals surface area contributed by atoms with Crippen molar-refractivity contribution in [1.82, 2.24) is 9.88 Å². The minimum Gasteiger partial charge on any atom is -0.351 e. The Balaban J connectivity index is 2.16. The van der Waals surface area contributed by atoms with Crippen molar-refractivity contribution >= 4 is 17.7 Å². The molecule has 0 bridgehead atoms. The minimum absolute atomic E-state index is 0.219. The molecule has 0 unspecified atom stereocenters. The molecule has 0 radical (unpaired) electrons. The first-order valence-electron chi connectivity index (χ1n) is 9.36. The lowest BCUT2D eigenvalue weighted by Crippen LogP contribution is -2.31. The van der Waals surface area contributed by atoms with E-state index in [1.165, 1.54) is 29.9 Å². The van der Waals surface area contributed by atoms with E-state index < -0.39 is 0 Å². The van der Waals surface area contributed by atoms with E-state index in [4.69, 9.17) is 0 Å². The van der Waals surface area contributed by atoms with Crippen LogP contribution in [0.5, 0.6) is 0 Å². The van der Waals surface area contributed by atoms with Gasteiger partial charge in [0.25, 0.3) is 11.5 Å². The molecule has 2 rings (SSSR count). The summed E-state index contributed by atoms with van der Waals surface area (Å²) in [5.41, 5.74) is 2.16.